The number of hydrogen-bond donors (Lipinski definition) is 2. The monoisotopic (exact) mass is 415 g/mol. The van der Waals surface area contributed by atoms with Crippen LogP contribution in [-0.4, -0.2) is 24.0 Å². The van der Waals surface area contributed by atoms with Crippen molar-refractivity contribution in [1.82, 2.24) is 4.98 Å². The molecule has 3 heterocycles. The molecule has 8 heteroatoms. The highest BCUT2D eigenvalue weighted by Gasteiger charge is 2.29. The third-order valence-corrected chi connectivity index (χ3v) is 7.22. The average molecular weight is 416 g/mol. The number of carbonyl (C=O) groups is 2. The zero-order valence-electron chi connectivity index (χ0n) is 15.8. The van der Waals surface area contributed by atoms with Gasteiger partial charge >= 0.3 is 5.97 Å². The molecule has 0 aromatic carbocycles. The molecule has 6 nitrogen and oxygen atoms in total. The van der Waals surface area contributed by atoms with Gasteiger partial charge in [0.15, 0.2) is 0 Å². The second kappa shape index (κ2) is 7.52. The Balaban J connectivity index is 1.68. The largest absolute Gasteiger partial charge is 0.465 e. The van der Waals surface area contributed by atoms with Crippen molar-refractivity contribution in [1.29, 1.82) is 0 Å². The summed E-state index contributed by atoms with van der Waals surface area (Å²) in [5, 5.41) is 4.22. The molecule has 146 valence electrons. The van der Waals surface area contributed by atoms with Gasteiger partial charge in [-0.3, -0.25) is 4.79 Å². The molecule has 1 amide bonds. The number of nitrogens with two attached hydrogens (primary N) is 1. The van der Waals surface area contributed by atoms with Gasteiger partial charge in [0.1, 0.15) is 14.7 Å². The zero-order chi connectivity index (χ0) is 19.8. The molecule has 0 fully saturated rings. The summed E-state index contributed by atoms with van der Waals surface area (Å²) in [5.74, 6) is -0.729. The van der Waals surface area contributed by atoms with Crippen molar-refractivity contribution in [3.8, 4) is 0 Å². The van der Waals surface area contributed by atoms with Crippen molar-refractivity contribution in [2.45, 2.75) is 39.0 Å². The van der Waals surface area contributed by atoms with E-state index in [1.54, 1.807) is 0 Å². The van der Waals surface area contributed by atoms with Crippen LogP contribution in [-0.2, 0) is 24.0 Å². The first-order chi connectivity index (χ1) is 13.5. The van der Waals surface area contributed by atoms with Crippen LogP contribution in [0.2, 0.25) is 0 Å². The van der Waals surface area contributed by atoms with Gasteiger partial charge in [-0.1, -0.05) is 13.3 Å². The fourth-order valence-electron chi connectivity index (χ4n) is 3.57. The van der Waals surface area contributed by atoms with Gasteiger partial charge in [0.05, 0.1) is 18.4 Å². The molecule has 0 aliphatic heterocycles. The summed E-state index contributed by atoms with van der Waals surface area (Å²) < 4.78 is 4.94. The number of rotatable bonds is 5. The number of nitrogens with zero attached hydrogens (tertiary/aromatic N) is 1. The second-order valence-electron chi connectivity index (χ2n) is 6.76. The van der Waals surface area contributed by atoms with Crippen molar-refractivity contribution >= 4 is 55.5 Å². The number of ether oxygens (including phenoxy) is 1. The molecule has 0 bridgehead atoms. The third-order valence-electron chi connectivity index (χ3n) is 4.90. The molecule has 4 rings (SSSR count). The van der Waals surface area contributed by atoms with Crippen LogP contribution in [0.3, 0.4) is 0 Å². The van der Waals surface area contributed by atoms with Crippen LogP contribution < -0.4 is 11.1 Å². The number of nitrogen functional groups attached to an aromatic ring is 1. The van der Waals surface area contributed by atoms with Crippen LogP contribution in [0.5, 0.6) is 0 Å². The number of nitrogens with one attached hydrogen (secondary N) is 1. The predicted octanol–water partition coefficient (Wildman–Crippen LogP) is 4.42. The minimum atomic E-state index is -0.412. The highest BCUT2D eigenvalue weighted by atomic mass is 32.1. The lowest BCUT2D eigenvalue weighted by atomic mass is 10.1. The van der Waals surface area contributed by atoms with E-state index in [2.05, 4.69) is 17.2 Å². The summed E-state index contributed by atoms with van der Waals surface area (Å²) >= 11 is 2.73. The summed E-state index contributed by atoms with van der Waals surface area (Å²) in [7, 11) is 1.36. The number of anilines is 2. The van der Waals surface area contributed by atoms with Crippen LogP contribution in [0.15, 0.2) is 12.1 Å². The summed E-state index contributed by atoms with van der Waals surface area (Å²) in [6.45, 7) is 2.10. The normalized spacial score (nSPS) is 12.9. The predicted molar refractivity (Wildman–Crippen MR) is 114 cm³/mol. The summed E-state index contributed by atoms with van der Waals surface area (Å²) in [5.41, 5.74) is 9.14. The van der Waals surface area contributed by atoms with Gasteiger partial charge in [0.2, 0.25) is 0 Å². The number of hydrogen-bond acceptors (Lipinski definition) is 7. The van der Waals surface area contributed by atoms with E-state index in [9.17, 15) is 9.59 Å². The number of amides is 1. The minimum Gasteiger partial charge on any atom is -0.465 e. The molecule has 1 aliphatic rings. The highest BCUT2D eigenvalue weighted by molar-refractivity contribution is 7.21. The SMILES string of the molecule is CCCc1ccc2c(N)c(C(=O)Nc3sc4c(c3C(=O)OC)CCC4)sc2n1. The Morgan fingerprint density at radius 1 is 1.29 bits per heavy atom. The molecule has 3 aromatic heterocycles. The number of esters is 1. The minimum absolute atomic E-state index is 0.317. The van der Waals surface area contributed by atoms with Gasteiger partial charge in [-0.2, -0.15) is 0 Å². The summed E-state index contributed by atoms with van der Waals surface area (Å²) in [6.07, 6.45) is 4.68. The molecule has 0 radical (unpaired) electrons. The Morgan fingerprint density at radius 2 is 2.11 bits per heavy atom. The lowest BCUT2D eigenvalue weighted by molar-refractivity contribution is 0.0601. The molecular weight excluding hydrogens is 394 g/mol. The number of thiophene rings is 2. The van der Waals surface area contributed by atoms with E-state index in [0.717, 1.165) is 58.5 Å². The van der Waals surface area contributed by atoms with Crippen molar-refractivity contribution in [3.05, 3.63) is 38.7 Å². The number of aryl methyl sites for hydroxylation is 2. The lowest BCUT2D eigenvalue weighted by Crippen LogP contribution is -2.14. The maximum absolute atomic E-state index is 13.0. The standard InChI is InChI=1S/C20H21N3O3S2/c1-3-5-10-8-9-12-15(21)16(28-18(12)22-10)17(24)23-19-14(20(25)26-2)11-6-4-7-13(11)27-19/h8-9H,3-7,21H2,1-2H3,(H,23,24). The molecule has 3 aromatic rings. The summed E-state index contributed by atoms with van der Waals surface area (Å²) in [6, 6.07) is 3.88. The maximum atomic E-state index is 13.0. The molecular formula is C20H21N3O3S2. The Labute approximate surface area is 170 Å². The third kappa shape index (κ3) is 3.16. The topological polar surface area (TPSA) is 94.3 Å². The van der Waals surface area contributed by atoms with Crippen LogP contribution in [0, 0.1) is 0 Å². The lowest BCUT2D eigenvalue weighted by Gasteiger charge is -2.06. The van der Waals surface area contributed by atoms with Gasteiger partial charge in [0, 0.05) is 16.0 Å². The van der Waals surface area contributed by atoms with E-state index in [1.165, 1.54) is 29.8 Å². The van der Waals surface area contributed by atoms with Crippen LogP contribution >= 0.6 is 22.7 Å². The van der Waals surface area contributed by atoms with E-state index < -0.39 is 5.97 Å². The number of methoxy groups -OCH3 is 1. The van der Waals surface area contributed by atoms with Gasteiger partial charge in [-0.05, 0) is 43.4 Å². The molecule has 0 unspecified atom stereocenters. The first kappa shape index (κ1) is 18.9. The van der Waals surface area contributed by atoms with Crippen molar-refractivity contribution < 1.29 is 14.3 Å². The highest BCUT2D eigenvalue weighted by Crippen LogP contribution is 2.40. The zero-order valence-corrected chi connectivity index (χ0v) is 17.4. The molecule has 0 atom stereocenters. The smallest absolute Gasteiger partial charge is 0.341 e. The fraction of sp³-hybridized carbons (Fsp3) is 0.350. The Kier molecular flexibility index (Phi) is 5.07. The first-order valence-corrected chi connectivity index (χ1v) is 10.9. The van der Waals surface area contributed by atoms with Crippen molar-refractivity contribution in [2.24, 2.45) is 0 Å². The van der Waals surface area contributed by atoms with Gasteiger partial charge in [-0.15, -0.1) is 22.7 Å². The van der Waals surface area contributed by atoms with Gasteiger partial charge < -0.3 is 15.8 Å². The maximum Gasteiger partial charge on any atom is 0.341 e. The Hall–Kier alpha value is -2.45. The molecule has 28 heavy (non-hydrogen) atoms. The molecule has 3 N–H and O–H groups in total. The fourth-order valence-corrected chi connectivity index (χ4v) is 5.85. The number of fused-ring (bicyclic) bond motifs is 2. The Bertz CT molecular complexity index is 1080. The Morgan fingerprint density at radius 3 is 2.86 bits per heavy atom. The molecule has 0 saturated heterocycles. The molecule has 0 spiro atoms. The van der Waals surface area contributed by atoms with E-state index in [1.807, 2.05) is 12.1 Å². The van der Waals surface area contributed by atoms with Crippen LogP contribution in [0.1, 0.15) is 55.9 Å². The van der Waals surface area contributed by atoms with Crippen molar-refractivity contribution in [3.63, 3.8) is 0 Å². The van der Waals surface area contributed by atoms with E-state index >= 15 is 0 Å². The van der Waals surface area contributed by atoms with E-state index in [0.29, 0.717) is 21.1 Å². The van der Waals surface area contributed by atoms with Crippen molar-refractivity contribution in [2.75, 3.05) is 18.2 Å². The average Bonchev–Trinajstić information content (AvgIpc) is 3.34. The molecule has 1 aliphatic carbocycles. The van der Waals surface area contributed by atoms with Gasteiger partial charge in [0.25, 0.3) is 5.91 Å². The number of aromatic nitrogens is 1. The van der Waals surface area contributed by atoms with Gasteiger partial charge in [-0.25, -0.2) is 9.78 Å². The van der Waals surface area contributed by atoms with Crippen LogP contribution in [0.4, 0.5) is 10.7 Å². The molecule has 0 saturated carbocycles. The second-order valence-corrected chi connectivity index (χ2v) is 8.86. The summed E-state index contributed by atoms with van der Waals surface area (Å²) in [4.78, 5) is 32.2. The first-order valence-electron chi connectivity index (χ1n) is 9.25. The quantitative estimate of drug-likeness (QED) is 0.602. The number of pyridine rings is 1. The van der Waals surface area contributed by atoms with E-state index in [4.69, 9.17) is 10.5 Å². The number of carbonyl (C=O) groups excluding carboxylic acids is 2. The van der Waals surface area contributed by atoms with E-state index in [-0.39, 0.29) is 5.91 Å². The van der Waals surface area contributed by atoms with Crippen LogP contribution in [0.25, 0.3) is 10.2 Å².